The molecular weight excluding hydrogens is 212 g/mol. The van der Waals surface area contributed by atoms with E-state index in [4.69, 9.17) is 5.11 Å². The minimum absolute atomic E-state index is 0.133. The maximum atomic E-state index is 13.1. The summed E-state index contributed by atoms with van der Waals surface area (Å²) < 4.78 is 51.9. The van der Waals surface area contributed by atoms with Crippen molar-refractivity contribution in [2.24, 2.45) is 5.92 Å². The molecule has 5 heteroatoms. The van der Waals surface area contributed by atoms with Crippen LogP contribution in [0.1, 0.15) is 19.4 Å². The van der Waals surface area contributed by atoms with Gasteiger partial charge in [-0.15, -0.1) is 0 Å². The van der Waals surface area contributed by atoms with Gasteiger partial charge in [0.05, 0.1) is 0 Å². The Labute approximate surface area is 84.3 Å². The minimum atomic E-state index is -1.75. The molecule has 0 atom stereocenters. The average molecular weight is 222 g/mol. The molecule has 0 aliphatic heterocycles. The van der Waals surface area contributed by atoms with Gasteiger partial charge in [0.1, 0.15) is 0 Å². The molecule has 0 saturated carbocycles. The highest BCUT2D eigenvalue weighted by Crippen LogP contribution is 2.29. The summed E-state index contributed by atoms with van der Waals surface area (Å²) in [7, 11) is 0. The van der Waals surface area contributed by atoms with Crippen LogP contribution in [-0.4, -0.2) is 5.11 Å². The predicted molar refractivity (Wildman–Crippen MR) is 46.5 cm³/mol. The van der Waals surface area contributed by atoms with Crippen LogP contribution in [0.15, 0.2) is 0 Å². The van der Waals surface area contributed by atoms with Crippen LogP contribution in [0.2, 0.25) is 0 Å². The zero-order chi connectivity index (χ0) is 11.7. The highest BCUT2D eigenvalue weighted by atomic mass is 19.2. The largest absolute Gasteiger partial charge is 0.503 e. The highest BCUT2D eigenvalue weighted by molar-refractivity contribution is 5.33. The normalized spacial score (nSPS) is 11.1. The van der Waals surface area contributed by atoms with Crippen LogP contribution in [0, 0.1) is 29.2 Å². The molecule has 0 aromatic heterocycles. The van der Waals surface area contributed by atoms with E-state index < -0.39 is 34.6 Å². The number of phenols is 1. The molecule has 0 aliphatic carbocycles. The molecule has 15 heavy (non-hydrogen) atoms. The molecule has 1 nitrogen and oxygen atoms in total. The second kappa shape index (κ2) is 4.08. The summed E-state index contributed by atoms with van der Waals surface area (Å²) >= 11 is 0. The first-order valence-electron chi connectivity index (χ1n) is 4.40. The maximum absolute atomic E-state index is 13.1. The van der Waals surface area contributed by atoms with Gasteiger partial charge < -0.3 is 5.11 Å². The third kappa shape index (κ3) is 2.06. The molecule has 1 rings (SSSR count). The van der Waals surface area contributed by atoms with Crippen molar-refractivity contribution < 1.29 is 22.7 Å². The van der Waals surface area contributed by atoms with Gasteiger partial charge in [-0.25, -0.2) is 8.78 Å². The summed E-state index contributed by atoms with van der Waals surface area (Å²) in [6.07, 6.45) is -0.133. The number of hydrogen-bond donors (Lipinski definition) is 1. The van der Waals surface area contributed by atoms with Gasteiger partial charge in [0.25, 0.3) is 0 Å². The summed E-state index contributed by atoms with van der Waals surface area (Å²) in [6.45, 7) is 3.31. The SMILES string of the molecule is CC(C)Cc1c(F)c(F)c(O)c(F)c1F. The van der Waals surface area contributed by atoms with E-state index in [0.717, 1.165) is 0 Å². The van der Waals surface area contributed by atoms with E-state index in [-0.39, 0.29) is 12.3 Å². The third-order valence-corrected chi connectivity index (χ3v) is 1.94. The molecule has 84 valence electrons. The van der Waals surface area contributed by atoms with Crippen molar-refractivity contribution in [3.63, 3.8) is 0 Å². The van der Waals surface area contributed by atoms with E-state index in [2.05, 4.69) is 0 Å². The smallest absolute Gasteiger partial charge is 0.203 e. The highest BCUT2D eigenvalue weighted by Gasteiger charge is 2.25. The first kappa shape index (κ1) is 11.8. The summed E-state index contributed by atoms with van der Waals surface area (Å²) in [5.41, 5.74) is -0.669. The van der Waals surface area contributed by atoms with Crippen LogP contribution >= 0.6 is 0 Å². The van der Waals surface area contributed by atoms with Crippen molar-refractivity contribution in [1.29, 1.82) is 0 Å². The molecule has 0 spiro atoms. The molecule has 0 radical (unpaired) electrons. The molecule has 0 fully saturated rings. The first-order chi connectivity index (χ1) is 6.86. The van der Waals surface area contributed by atoms with Crippen molar-refractivity contribution in [3.05, 3.63) is 28.8 Å². The van der Waals surface area contributed by atoms with Gasteiger partial charge in [0.2, 0.25) is 11.6 Å². The Bertz CT molecular complexity index is 358. The Morgan fingerprint density at radius 2 is 1.33 bits per heavy atom. The second-order valence-corrected chi connectivity index (χ2v) is 3.68. The Hall–Kier alpha value is -1.26. The fraction of sp³-hybridized carbons (Fsp3) is 0.400. The van der Waals surface area contributed by atoms with Gasteiger partial charge in [-0.05, 0) is 12.3 Å². The van der Waals surface area contributed by atoms with E-state index in [0.29, 0.717) is 0 Å². The van der Waals surface area contributed by atoms with E-state index >= 15 is 0 Å². The topological polar surface area (TPSA) is 20.2 Å². The quantitative estimate of drug-likeness (QED) is 0.602. The number of aromatic hydroxyl groups is 1. The summed E-state index contributed by atoms with van der Waals surface area (Å²) in [4.78, 5) is 0. The molecular formula is C10H10F4O. The molecule has 0 amide bonds. The molecule has 0 saturated heterocycles. The van der Waals surface area contributed by atoms with E-state index in [1.54, 1.807) is 13.8 Å². The Morgan fingerprint density at radius 3 is 1.67 bits per heavy atom. The van der Waals surface area contributed by atoms with Crippen molar-refractivity contribution in [2.45, 2.75) is 20.3 Å². The lowest BCUT2D eigenvalue weighted by Gasteiger charge is -2.10. The minimum Gasteiger partial charge on any atom is -0.503 e. The lowest BCUT2D eigenvalue weighted by molar-refractivity contribution is 0.348. The number of halogens is 4. The number of benzene rings is 1. The number of rotatable bonds is 2. The zero-order valence-electron chi connectivity index (χ0n) is 8.24. The van der Waals surface area contributed by atoms with E-state index in [9.17, 15) is 17.6 Å². The molecule has 1 aromatic rings. The van der Waals surface area contributed by atoms with Crippen LogP contribution in [0.3, 0.4) is 0 Å². The van der Waals surface area contributed by atoms with Crippen molar-refractivity contribution >= 4 is 0 Å². The van der Waals surface area contributed by atoms with E-state index in [1.165, 1.54) is 0 Å². The van der Waals surface area contributed by atoms with Crippen molar-refractivity contribution in [1.82, 2.24) is 0 Å². The third-order valence-electron chi connectivity index (χ3n) is 1.94. The fourth-order valence-corrected chi connectivity index (χ4v) is 1.25. The van der Waals surface area contributed by atoms with Crippen LogP contribution < -0.4 is 0 Å². The van der Waals surface area contributed by atoms with Crippen LogP contribution in [-0.2, 0) is 6.42 Å². The zero-order valence-corrected chi connectivity index (χ0v) is 8.24. The Kier molecular flexibility index (Phi) is 3.21. The monoisotopic (exact) mass is 222 g/mol. The standard InChI is InChI=1S/C10H10F4O/c1-4(2)3-5-6(11)8(13)10(15)9(14)7(5)12/h4,15H,3H2,1-2H3. The molecule has 0 heterocycles. The maximum Gasteiger partial charge on any atom is 0.203 e. The predicted octanol–water partition coefficient (Wildman–Crippen LogP) is 3.15. The number of phenolic OH excluding ortho intramolecular Hbond substituents is 1. The van der Waals surface area contributed by atoms with Gasteiger partial charge in [-0.1, -0.05) is 13.8 Å². The number of hydrogen-bond acceptors (Lipinski definition) is 1. The Morgan fingerprint density at radius 1 is 0.933 bits per heavy atom. The summed E-state index contributed by atoms with van der Waals surface area (Å²) in [5.74, 6) is -8.32. The van der Waals surface area contributed by atoms with Crippen molar-refractivity contribution in [2.75, 3.05) is 0 Å². The average Bonchev–Trinajstić information content (AvgIpc) is 2.18. The lowest BCUT2D eigenvalue weighted by Crippen LogP contribution is -2.06. The lowest BCUT2D eigenvalue weighted by atomic mass is 10.0. The molecule has 1 N–H and O–H groups in total. The van der Waals surface area contributed by atoms with Gasteiger partial charge in [0, 0.05) is 5.56 Å². The van der Waals surface area contributed by atoms with Gasteiger partial charge in [-0.2, -0.15) is 8.78 Å². The summed E-state index contributed by atoms with van der Waals surface area (Å²) in [6, 6.07) is 0. The van der Waals surface area contributed by atoms with Gasteiger partial charge >= 0.3 is 0 Å². The van der Waals surface area contributed by atoms with Crippen LogP contribution in [0.4, 0.5) is 17.6 Å². The fourth-order valence-electron chi connectivity index (χ4n) is 1.25. The molecule has 0 bridgehead atoms. The van der Waals surface area contributed by atoms with Gasteiger partial charge in [0.15, 0.2) is 17.4 Å². The molecule has 0 aliphatic rings. The summed E-state index contributed by atoms with van der Waals surface area (Å²) in [5, 5.41) is 8.70. The van der Waals surface area contributed by atoms with Crippen LogP contribution in [0.5, 0.6) is 5.75 Å². The molecule has 0 unspecified atom stereocenters. The second-order valence-electron chi connectivity index (χ2n) is 3.68. The van der Waals surface area contributed by atoms with Crippen molar-refractivity contribution in [3.8, 4) is 5.75 Å². The van der Waals surface area contributed by atoms with Crippen LogP contribution in [0.25, 0.3) is 0 Å². The Balaban J connectivity index is 3.39. The molecule has 1 aromatic carbocycles. The van der Waals surface area contributed by atoms with E-state index in [1.807, 2.05) is 0 Å². The van der Waals surface area contributed by atoms with Gasteiger partial charge in [-0.3, -0.25) is 0 Å². The first-order valence-corrected chi connectivity index (χ1v) is 4.40.